The maximum Gasteiger partial charge on any atom is 0.0498 e. The molecule has 0 saturated heterocycles. The first-order valence-corrected chi connectivity index (χ1v) is 7.93. The van der Waals surface area contributed by atoms with E-state index in [1.807, 2.05) is 12.4 Å². The zero-order chi connectivity index (χ0) is 15.5. The van der Waals surface area contributed by atoms with Gasteiger partial charge in [-0.3, -0.25) is 4.98 Å². The van der Waals surface area contributed by atoms with E-state index in [0.29, 0.717) is 0 Å². The van der Waals surface area contributed by atoms with Crippen molar-refractivity contribution in [2.75, 3.05) is 6.54 Å². The highest BCUT2D eigenvalue weighted by atomic mass is 14.7. The van der Waals surface area contributed by atoms with Crippen LogP contribution in [0.4, 0.5) is 0 Å². The molecule has 0 aliphatic rings. The highest BCUT2D eigenvalue weighted by Crippen LogP contribution is 2.33. The second-order valence-corrected chi connectivity index (χ2v) is 5.89. The molecule has 0 radical (unpaired) electrons. The third-order valence-electron chi connectivity index (χ3n) is 4.46. The Labute approximate surface area is 131 Å². The summed E-state index contributed by atoms with van der Waals surface area (Å²) in [7, 11) is 0. The van der Waals surface area contributed by atoms with E-state index in [1.54, 1.807) is 0 Å². The van der Waals surface area contributed by atoms with Crippen molar-refractivity contribution in [3.05, 3.63) is 53.3 Å². The fourth-order valence-electron chi connectivity index (χ4n) is 3.03. The smallest absolute Gasteiger partial charge is 0.0498 e. The number of nitrogens with zero attached hydrogens (tertiary/aromatic N) is 1. The molecule has 3 N–H and O–H groups in total. The van der Waals surface area contributed by atoms with Crippen LogP contribution in [0.2, 0.25) is 0 Å². The van der Waals surface area contributed by atoms with E-state index in [9.17, 15) is 0 Å². The summed E-state index contributed by atoms with van der Waals surface area (Å²) < 4.78 is 0. The van der Waals surface area contributed by atoms with Crippen LogP contribution >= 0.6 is 0 Å². The third kappa shape index (κ3) is 2.64. The molecular weight excluding hydrogens is 270 g/mol. The minimum absolute atomic E-state index is 0.755. The van der Waals surface area contributed by atoms with Crippen molar-refractivity contribution in [2.24, 2.45) is 5.73 Å². The largest absolute Gasteiger partial charge is 0.354 e. The van der Waals surface area contributed by atoms with E-state index < -0.39 is 0 Å². The van der Waals surface area contributed by atoms with Crippen LogP contribution in [0.3, 0.4) is 0 Å². The van der Waals surface area contributed by atoms with Gasteiger partial charge >= 0.3 is 0 Å². The van der Waals surface area contributed by atoms with Crippen molar-refractivity contribution in [3.63, 3.8) is 0 Å². The van der Waals surface area contributed by atoms with Crippen molar-refractivity contribution in [1.82, 2.24) is 9.97 Å². The van der Waals surface area contributed by atoms with Crippen LogP contribution in [0.25, 0.3) is 22.2 Å². The number of hydrogen-bond donors (Lipinski definition) is 2. The number of aryl methyl sites for hydroxylation is 3. The summed E-state index contributed by atoms with van der Waals surface area (Å²) in [6.07, 6.45) is 6.93. The highest BCUT2D eigenvalue weighted by Gasteiger charge is 2.14. The molecule has 0 saturated carbocycles. The zero-order valence-electron chi connectivity index (χ0n) is 13.3. The average Bonchev–Trinajstić information content (AvgIpc) is 2.92. The first kappa shape index (κ1) is 14.8. The van der Waals surface area contributed by atoms with Crippen LogP contribution in [-0.2, 0) is 6.42 Å². The lowest BCUT2D eigenvalue weighted by Crippen LogP contribution is -1.99. The van der Waals surface area contributed by atoms with Crippen LogP contribution in [0.15, 0.2) is 36.7 Å². The van der Waals surface area contributed by atoms with Gasteiger partial charge in [-0.1, -0.05) is 12.1 Å². The molecule has 3 heteroatoms. The van der Waals surface area contributed by atoms with E-state index in [4.69, 9.17) is 5.73 Å². The second-order valence-electron chi connectivity index (χ2n) is 5.89. The quantitative estimate of drug-likeness (QED) is 0.695. The topological polar surface area (TPSA) is 54.7 Å². The monoisotopic (exact) mass is 293 g/mol. The molecule has 0 unspecified atom stereocenters. The maximum absolute atomic E-state index is 5.66. The summed E-state index contributed by atoms with van der Waals surface area (Å²) in [5, 5.41) is 1.34. The van der Waals surface area contributed by atoms with E-state index in [2.05, 4.69) is 48.1 Å². The predicted octanol–water partition coefficient (Wildman–Crippen LogP) is 4.13. The van der Waals surface area contributed by atoms with Crippen LogP contribution in [0, 0.1) is 13.8 Å². The Hall–Kier alpha value is -2.13. The minimum atomic E-state index is 0.755. The molecule has 0 spiro atoms. The number of unbranched alkanes of at least 4 members (excludes halogenated alkanes) is 1. The van der Waals surface area contributed by atoms with E-state index in [1.165, 1.54) is 38.9 Å². The van der Waals surface area contributed by atoms with E-state index in [0.717, 1.165) is 25.8 Å². The summed E-state index contributed by atoms with van der Waals surface area (Å²) >= 11 is 0. The second kappa shape index (κ2) is 6.32. The van der Waals surface area contributed by atoms with Gasteiger partial charge in [0, 0.05) is 34.6 Å². The van der Waals surface area contributed by atoms with Gasteiger partial charge in [0.25, 0.3) is 0 Å². The Balaban J connectivity index is 2.16. The van der Waals surface area contributed by atoms with Crippen molar-refractivity contribution in [1.29, 1.82) is 0 Å². The van der Waals surface area contributed by atoms with Crippen LogP contribution in [0.1, 0.15) is 29.5 Å². The van der Waals surface area contributed by atoms with Crippen LogP contribution < -0.4 is 5.73 Å². The standard InChI is InChI=1S/C19H23N3/c1-13-6-7-17-16(5-3-4-10-20)19(22-18(17)14(13)2)15-8-11-21-12-9-15/h6-9,11-12,22H,3-5,10,20H2,1-2H3. The summed E-state index contributed by atoms with van der Waals surface area (Å²) in [5.41, 5.74) is 13.4. The molecule has 22 heavy (non-hydrogen) atoms. The van der Waals surface area contributed by atoms with E-state index >= 15 is 0 Å². The molecule has 0 aliphatic heterocycles. The number of H-pyrrole nitrogens is 1. The Morgan fingerprint density at radius 1 is 1.05 bits per heavy atom. The van der Waals surface area contributed by atoms with Crippen molar-refractivity contribution < 1.29 is 0 Å². The number of nitrogens with two attached hydrogens (primary N) is 1. The molecule has 0 amide bonds. The van der Waals surface area contributed by atoms with Gasteiger partial charge in [-0.25, -0.2) is 0 Å². The minimum Gasteiger partial charge on any atom is -0.354 e. The lowest BCUT2D eigenvalue weighted by molar-refractivity contribution is 0.748. The molecule has 114 valence electrons. The fourth-order valence-corrected chi connectivity index (χ4v) is 3.03. The summed E-state index contributed by atoms with van der Waals surface area (Å²) in [4.78, 5) is 7.79. The summed E-state index contributed by atoms with van der Waals surface area (Å²) in [6.45, 7) is 5.11. The number of pyridine rings is 1. The van der Waals surface area contributed by atoms with Gasteiger partial charge in [-0.15, -0.1) is 0 Å². The predicted molar refractivity (Wildman–Crippen MR) is 93.0 cm³/mol. The molecule has 1 aromatic carbocycles. The molecular formula is C19H23N3. The molecule has 3 aromatic rings. The molecule has 3 rings (SSSR count). The number of hydrogen-bond acceptors (Lipinski definition) is 2. The van der Waals surface area contributed by atoms with Gasteiger partial charge in [0.1, 0.15) is 0 Å². The Kier molecular flexibility index (Phi) is 4.25. The van der Waals surface area contributed by atoms with Gasteiger partial charge < -0.3 is 10.7 Å². The summed E-state index contributed by atoms with van der Waals surface area (Å²) in [6, 6.07) is 8.60. The number of fused-ring (bicyclic) bond motifs is 1. The Morgan fingerprint density at radius 2 is 1.82 bits per heavy atom. The molecule has 0 aliphatic carbocycles. The van der Waals surface area contributed by atoms with Crippen molar-refractivity contribution >= 4 is 10.9 Å². The zero-order valence-corrected chi connectivity index (χ0v) is 13.3. The number of aromatic amines is 1. The van der Waals surface area contributed by atoms with Crippen LogP contribution in [0.5, 0.6) is 0 Å². The SMILES string of the molecule is Cc1ccc2c(CCCCN)c(-c3ccncc3)[nH]c2c1C. The number of benzene rings is 1. The van der Waals surface area contributed by atoms with Gasteiger partial charge in [-0.05, 0) is 68.5 Å². The first-order chi connectivity index (χ1) is 10.7. The van der Waals surface area contributed by atoms with Crippen LogP contribution in [-0.4, -0.2) is 16.5 Å². The fraction of sp³-hybridized carbons (Fsp3) is 0.316. The molecule has 0 fully saturated rings. The Morgan fingerprint density at radius 3 is 2.55 bits per heavy atom. The van der Waals surface area contributed by atoms with Gasteiger partial charge in [0.2, 0.25) is 0 Å². The van der Waals surface area contributed by atoms with E-state index in [-0.39, 0.29) is 0 Å². The van der Waals surface area contributed by atoms with Crippen molar-refractivity contribution in [3.8, 4) is 11.3 Å². The maximum atomic E-state index is 5.66. The molecule has 2 heterocycles. The molecule has 2 aromatic heterocycles. The first-order valence-electron chi connectivity index (χ1n) is 7.93. The van der Waals surface area contributed by atoms with Gasteiger partial charge in [-0.2, -0.15) is 0 Å². The number of rotatable bonds is 5. The third-order valence-corrected chi connectivity index (χ3v) is 4.46. The average molecular weight is 293 g/mol. The number of aromatic nitrogens is 2. The summed E-state index contributed by atoms with van der Waals surface area (Å²) in [5.74, 6) is 0. The number of nitrogens with one attached hydrogen (secondary N) is 1. The molecule has 0 atom stereocenters. The van der Waals surface area contributed by atoms with Crippen molar-refractivity contribution in [2.45, 2.75) is 33.1 Å². The van der Waals surface area contributed by atoms with Gasteiger partial charge in [0.15, 0.2) is 0 Å². The highest BCUT2D eigenvalue weighted by molar-refractivity contribution is 5.93. The molecule has 3 nitrogen and oxygen atoms in total. The lowest BCUT2D eigenvalue weighted by Gasteiger charge is -2.05. The normalized spacial score (nSPS) is 11.2. The molecule has 0 bridgehead atoms. The Bertz CT molecular complexity index is 772. The lowest BCUT2D eigenvalue weighted by atomic mass is 9.99. The van der Waals surface area contributed by atoms with Gasteiger partial charge in [0.05, 0.1) is 0 Å².